The molecule has 4 heteroatoms. The average Bonchev–Trinajstić information content (AvgIpc) is 2.78. The van der Waals surface area contributed by atoms with E-state index in [0.717, 1.165) is 11.4 Å². The summed E-state index contributed by atoms with van der Waals surface area (Å²) in [6.45, 7) is 3.87. The van der Waals surface area contributed by atoms with Crippen LogP contribution in [-0.4, -0.2) is 26.2 Å². The highest BCUT2D eigenvalue weighted by Crippen LogP contribution is 2.21. The number of para-hydroxylation sites is 1. The van der Waals surface area contributed by atoms with Gasteiger partial charge >= 0.3 is 0 Å². The number of benzene rings is 1. The van der Waals surface area contributed by atoms with Crippen LogP contribution in [0.2, 0.25) is 0 Å². The molecule has 0 aliphatic carbocycles. The molecule has 17 heavy (non-hydrogen) atoms. The van der Waals surface area contributed by atoms with Crippen LogP contribution in [0.5, 0.6) is 0 Å². The van der Waals surface area contributed by atoms with Crippen LogP contribution in [-0.2, 0) is 0 Å². The highest BCUT2D eigenvalue weighted by molar-refractivity contribution is 5.32. The van der Waals surface area contributed by atoms with Crippen molar-refractivity contribution >= 4 is 0 Å². The zero-order valence-electron chi connectivity index (χ0n) is 10.1. The van der Waals surface area contributed by atoms with Gasteiger partial charge in [-0.25, -0.2) is 4.68 Å². The van der Waals surface area contributed by atoms with Gasteiger partial charge in [0.1, 0.15) is 0 Å². The van der Waals surface area contributed by atoms with Crippen LogP contribution in [0, 0.1) is 0 Å². The summed E-state index contributed by atoms with van der Waals surface area (Å²) < 4.78 is 1.83. The molecule has 0 saturated carbocycles. The lowest BCUT2D eigenvalue weighted by Gasteiger charge is -2.14. The number of hydrogen-bond donors (Lipinski definition) is 1. The van der Waals surface area contributed by atoms with E-state index in [2.05, 4.69) is 17.2 Å². The van der Waals surface area contributed by atoms with Crippen molar-refractivity contribution in [2.75, 3.05) is 0 Å². The maximum atomic E-state index is 9.43. The summed E-state index contributed by atoms with van der Waals surface area (Å²) in [7, 11) is 0. The van der Waals surface area contributed by atoms with Crippen molar-refractivity contribution in [2.24, 2.45) is 0 Å². The Morgan fingerprint density at radius 2 is 1.94 bits per heavy atom. The first kappa shape index (κ1) is 11.8. The lowest BCUT2D eigenvalue weighted by Crippen LogP contribution is -2.10. The molecule has 1 aromatic carbocycles. The Morgan fingerprint density at radius 1 is 1.24 bits per heavy atom. The fourth-order valence-corrected chi connectivity index (χ4v) is 1.98. The van der Waals surface area contributed by atoms with E-state index in [1.165, 1.54) is 0 Å². The first-order valence-corrected chi connectivity index (χ1v) is 5.82. The first-order chi connectivity index (χ1) is 8.18. The zero-order valence-corrected chi connectivity index (χ0v) is 10.1. The number of aliphatic hydroxyl groups excluding tert-OH is 1. The smallest absolute Gasteiger partial charge is 0.0732 e. The molecule has 0 saturated heterocycles. The van der Waals surface area contributed by atoms with Crippen LogP contribution in [0.3, 0.4) is 0 Å². The Morgan fingerprint density at radius 3 is 2.59 bits per heavy atom. The molecule has 4 nitrogen and oxygen atoms in total. The first-order valence-electron chi connectivity index (χ1n) is 5.82. The van der Waals surface area contributed by atoms with Crippen molar-refractivity contribution < 1.29 is 5.11 Å². The normalized spacial score (nSPS) is 14.5. The van der Waals surface area contributed by atoms with Crippen molar-refractivity contribution in [2.45, 2.75) is 32.3 Å². The molecule has 0 spiro atoms. The van der Waals surface area contributed by atoms with Crippen molar-refractivity contribution in [1.29, 1.82) is 0 Å². The highest BCUT2D eigenvalue weighted by atomic mass is 16.3. The van der Waals surface area contributed by atoms with Gasteiger partial charge in [-0.3, -0.25) is 0 Å². The molecule has 1 N–H and O–H groups in total. The van der Waals surface area contributed by atoms with E-state index < -0.39 is 0 Å². The quantitative estimate of drug-likeness (QED) is 0.877. The lowest BCUT2D eigenvalue weighted by molar-refractivity contribution is 0.175. The van der Waals surface area contributed by atoms with Crippen LogP contribution in [0.4, 0.5) is 0 Å². The number of nitrogens with zero attached hydrogens (tertiary/aromatic N) is 3. The number of aromatic nitrogens is 3. The van der Waals surface area contributed by atoms with Crippen LogP contribution in [0.25, 0.3) is 5.69 Å². The van der Waals surface area contributed by atoms with E-state index >= 15 is 0 Å². The SMILES string of the molecule is CC(O)CC(C)c1cnnn1-c1ccccc1. The summed E-state index contributed by atoms with van der Waals surface area (Å²) in [5.41, 5.74) is 2.02. The van der Waals surface area contributed by atoms with Gasteiger partial charge in [-0.1, -0.05) is 30.3 Å². The molecule has 2 aromatic rings. The summed E-state index contributed by atoms with van der Waals surface area (Å²) in [5, 5.41) is 17.5. The van der Waals surface area contributed by atoms with Crippen LogP contribution < -0.4 is 0 Å². The number of rotatable bonds is 4. The third kappa shape index (κ3) is 2.71. The van der Waals surface area contributed by atoms with E-state index in [1.54, 1.807) is 13.1 Å². The molecule has 1 aromatic heterocycles. The predicted molar refractivity (Wildman–Crippen MR) is 66.1 cm³/mol. The van der Waals surface area contributed by atoms with Crippen molar-refractivity contribution in [1.82, 2.24) is 15.0 Å². The molecule has 90 valence electrons. The Labute approximate surface area is 101 Å². The van der Waals surface area contributed by atoms with E-state index in [0.29, 0.717) is 6.42 Å². The second kappa shape index (κ2) is 5.10. The van der Waals surface area contributed by atoms with Gasteiger partial charge in [0, 0.05) is 5.92 Å². The minimum atomic E-state index is -0.316. The maximum absolute atomic E-state index is 9.43. The molecule has 0 bridgehead atoms. The lowest BCUT2D eigenvalue weighted by atomic mass is 10.0. The van der Waals surface area contributed by atoms with E-state index in [-0.39, 0.29) is 12.0 Å². The molecule has 2 rings (SSSR count). The van der Waals surface area contributed by atoms with Gasteiger partial charge in [0.05, 0.1) is 23.7 Å². The summed E-state index contributed by atoms with van der Waals surface area (Å²) in [6, 6.07) is 9.90. The Kier molecular flexibility index (Phi) is 3.54. The van der Waals surface area contributed by atoms with Crippen LogP contribution in [0.15, 0.2) is 36.5 Å². The molecule has 0 amide bonds. The molecular weight excluding hydrogens is 214 g/mol. The third-order valence-corrected chi connectivity index (χ3v) is 2.78. The van der Waals surface area contributed by atoms with Gasteiger partial charge in [-0.15, -0.1) is 5.10 Å². The van der Waals surface area contributed by atoms with Gasteiger partial charge in [-0.2, -0.15) is 0 Å². The third-order valence-electron chi connectivity index (χ3n) is 2.78. The van der Waals surface area contributed by atoms with Crippen molar-refractivity contribution in [3.63, 3.8) is 0 Å². The molecule has 0 aliphatic heterocycles. The summed E-state index contributed by atoms with van der Waals surface area (Å²) >= 11 is 0. The molecule has 0 fully saturated rings. The molecule has 1 heterocycles. The van der Waals surface area contributed by atoms with Gasteiger partial charge in [-0.05, 0) is 25.5 Å². The fourth-order valence-electron chi connectivity index (χ4n) is 1.98. The van der Waals surface area contributed by atoms with E-state index in [1.807, 2.05) is 35.0 Å². The number of hydrogen-bond acceptors (Lipinski definition) is 3. The summed E-state index contributed by atoms with van der Waals surface area (Å²) in [6.07, 6.45) is 2.16. The fraction of sp³-hybridized carbons (Fsp3) is 0.385. The Hall–Kier alpha value is -1.68. The summed E-state index contributed by atoms with van der Waals surface area (Å²) in [5.74, 6) is 0.227. The summed E-state index contributed by atoms with van der Waals surface area (Å²) in [4.78, 5) is 0. The van der Waals surface area contributed by atoms with Crippen LogP contribution in [0.1, 0.15) is 31.9 Å². The van der Waals surface area contributed by atoms with Gasteiger partial charge in [0.2, 0.25) is 0 Å². The zero-order chi connectivity index (χ0) is 12.3. The standard InChI is InChI=1S/C13H17N3O/c1-10(8-11(2)17)13-9-14-15-16(13)12-6-4-3-5-7-12/h3-7,9-11,17H,8H2,1-2H3. The van der Waals surface area contributed by atoms with E-state index in [4.69, 9.17) is 0 Å². The molecular formula is C13H17N3O. The number of aliphatic hydroxyl groups is 1. The van der Waals surface area contributed by atoms with Crippen molar-refractivity contribution in [3.05, 3.63) is 42.2 Å². The minimum Gasteiger partial charge on any atom is -0.393 e. The van der Waals surface area contributed by atoms with Gasteiger partial charge < -0.3 is 5.11 Å². The second-order valence-electron chi connectivity index (χ2n) is 4.39. The Bertz CT molecular complexity index is 465. The monoisotopic (exact) mass is 231 g/mol. The second-order valence-corrected chi connectivity index (χ2v) is 4.39. The topological polar surface area (TPSA) is 50.9 Å². The highest BCUT2D eigenvalue weighted by Gasteiger charge is 2.15. The largest absolute Gasteiger partial charge is 0.393 e. The van der Waals surface area contributed by atoms with E-state index in [9.17, 15) is 5.11 Å². The maximum Gasteiger partial charge on any atom is 0.0732 e. The van der Waals surface area contributed by atoms with Crippen molar-refractivity contribution in [3.8, 4) is 5.69 Å². The van der Waals surface area contributed by atoms with Crippen LogP contribution >= 0.6 is 0 Å². The molecule has 0 aliphatic rings. The molecule has 0 radical (unpaired) electrons. The Balaban J connectivity index is 2.29. The minimum absolute atomic E-state index is 0.227. The van der Waals surface area contributed by atoms with Gasteiger partial charge in [0.15, 0.2) is 0 Å². The molecule has 2 unspecified atom stereocenters. The van der Waals surface area contributed by atoms with Gasteiger partial charge in [0.25, 0.3) is 0 Å². The molecule has 2 atom stereocenters. The average molecular weight is 231 g/mol. The predicted octanol–water partition coefficient (Wildman–Crippen LogP) is 2.14.